The maximum atomic E-state index is 11.6. The summed E-state index contributed by atoms with van der Waals surface area (Å²) in [4.78, 5) is 15.5. The first-order valence-corrected chi connectivity index (χ1v) is 5.12. The number of nitrogens with zero attached hydrogens (tertiary/aromatic N) is 1. The minimum absolute atomic E-state index is 0.0844. The zero-order valence-corrected chi connectivity index (χ0v) is 10.1. The molecule has 90 valence electrons. The first-order valence-electron chi connectivity index (χ1n) is 5.12. The SMILES string of the molecule is CN=C(C)/C(C(=O)OC)=C(\O)c1ccccc1. The lowest BCUT2D eigenvalue weighted by Gasteiger charge is -2.08. The van der Waals surface area contributed by atoms with Crippen molar-refractivity contribution in [2.24, 2.45) is 4.99 Å². The molecule has 0 fully saturated rings. The fourth-order valence-electron chi connectivity index (χ4n) is 1.37. The molecule has 4 nitrogen and oxygen atoms in total. The molecule has 0 spiro atoms. The topological polar surface area (TPSA) is 58.9 Å². The molecule has 0 amide bonds. The van der Waals surface area contributed by atoms with Crippen molar-refractivity contribution in [1.82, 2.24) is 0 Å². The molecule has 1 rings (SSSR count). The number of aliphatic imine (C=N–C) groups is 1. The van der Waals surface area contributed by atoms with Crippen LogP contribution in [0.5, 0.6) is 0 Å². The Kier molecular flexibility index (Phi) is 4.46. The van der Waals surface area contributed by atoms with Crippen LogP contribution >= 0.6 is 0 Å². The summed E-state index contributed by atoms with van der Waals surface area (Å²) in [7, 11) is 2.82. The van der Waals surface area contributed by atoms with Crippen molar-refractivity contribution in [3.8, 4) is 0 Å². The van der Waals surface area contributed by atoms with Gasteiger partial charge in [0.05, 0.1) is 7.11 Å². The normalized spacial score (nSPS) is 13.0. The number of carbonyl (C=O) groups excluding carboxylic acids is 1. The van der Waals surface area contributed by atoms with E-state index < -0.39 is 5.97 Å². The molecule has 0 aliphatic heterocycles. The van der Waals surface area contributed by atoms with E-state index in [1.165, 1.54) is 7.11 Å². The lowest BCUT2D eigenvalue weighted by atomic mass is 10.1. The maximum Gasteiger partial charge on any atom is 0.343 e. The number of ether oxygens (including phenoxy) is 1. The second kappa shape index (κ2) is 5.84. The summed E-state index contributed by atoms with van der Waals surface area (Å²) in [5.74, 6) is -0.727. The van der Waals surface area contributed by atoms with Crippen LogP contribution in [0.2, 0.25) is 0 Å². The number of rotatable bonds is 3. The number of methoxy groups -OCH3 is 1. The van der Waals surface area contributed by atoms with Crippen molar-refractivity contribution in [2.45, 2.75) is 6.92 Å². The second-order valence-electron chi connectivity index (χ2n) is 3.39. The van der Waals surface area contributed by atoms with Gasteiger partial charge in [0.2, 0.25) is 0 Å². The molecule has 0 saturated heterocycles. The van der Waals surface area contributed by atoms with Crippen LogP contribution in [0.1, 0.15) is 12.5 Å². The molecule has 0 heterocycles. The van der Waals surface area contributed by atoms with Crippen LogP contribution in [0.25, 0.3) is 5.76 Å². The molecule has 0 radical (unpaired) electrons. The molecule has 0 bridgehead atoms. The Balaban J connectivity index is 3.34. The van der Waals surface area contributed by atoms with Gasteiger partial charge in [-0.15, -0.1) is 0 Å². The zero-order valence-electron chi connectivity index (χ0n) is 10.1. The fraction of sp³-hybridized carbons (Fsp3) is 0.231. The quantitative estimate of drug-likeness (QED) is 0.377. The highest BCUT2D eigenvalue weighted by molar-refractivity contribution is 6.23. The van der Waals surface area contributed by atoms with Gasteiger partial charge < -0.3 is 9.84 Å². The van der Waals surface area contributed by atoms with E-state index in [9.17, 15) is 9.90 Å². The monoisotopic (exact) mass is 233 g/mol. The number of aliphatic hydroxyl groups excluding tert-OH is 1. The highest BCUT2D eigenvalue weighted by Gasteiger charge is 2.19. The average molecular weight is 233 g/mol. The van der Waals surface area contributed by atoms with Crippen LogP contribution in [0.3, 0.4) is 0 Å². The molecule has 1 aromatic rings. The van der Waals surface area contributed by atoms with Crippen LogP contribution in [-0.2, 0) is 9.53 Å². The van der Waals surface area contributed by atoms with Crippen molar-refractivity contribution in [3.05, 3.63) is 41.5 Å². The first kappa shape index (κ1) is 13.0. The van der Waals surface area contributed by atoms with E-state index in [1.807, 2.05) is 6.07 Å². The number of hydrogen-bond donors (Lipinski definition) is 1. The number of carbonyl (C=O) groups is 1. The lowest BCUT2D eigenvalue weighted by molar-refractivity contribution is -0.135. The first-order chi connectivity index (χ1) is 8.11. The molecule has 0 unspecified atom stereocenters. The fourth-order valence-corrected chi connectivity index (χ4v) is 1.37. The van der Waals surface area contributed by atoms with Gasteiger partial charge in [-0.05, 0) is 6.92 Å². The summed E-state index contributed by atoms with van der Waals surface area (Å²) in [6.07, 6.45) is 0. The molecule has 0 atom stereocenters. The zero-order chi connectivity index (χ0) is 12.8. The van der Waals surface area contributed by atoms with Gasteiger partial charge in [0.15, 0.2) is 0 Å². The minimum atomic E-state index is -0.602. The second-order valence-corrected chi connectivity index (χ2v) is 3.39. The number of aliphatic hydroxyl groups is 1. The predicted molar refractivity (Wildman–Crippen MR) is 67.0 cm³/mol. The smallest absolute Gasteiger partial charge is 0.343 e. The van der Waals surface area contributed by atoms with Crippen molar-refractivity contribution >= 4 is 17.4 Å². The number of esters is 1. The Labute approximate surface area is 100 Å². The maximum absolute atomic E-state index is 11.6. The third-order valence-electron chi connectivity index (χ3n) is 2.37. The molecule has 1 aromatic carbocycles. The largest absolute Gasteiger partial charge is 0.506 e. The third kappa shape index (κ3) is 2.93. The van der Waals surface area contributed by atoms with E-state index in [4.69, 9.17) is 0 Å². The van der Waals surface area contributed by atoms with Gasteiger partial charge in [0, 0.05) is 18.3 Å². The highest BCUT2D eigenvalue weighted by Crippen LogP contribution is 2.18. The Morgan fingerprint density at radius 3 is 2.35 bits per heavy atom. The Bertz CT molecular complexity index is 461. The van der Waals surface area contributed by atoms with Gasteiger partial charge in [-0.2, -0.15) is 0 Å². The van der Waals surface area contributed by atoms with Crippen LogP contribution in [-0.4, -0.2) is 30.9 Å². The molecule has 0 saturated carbocycles. The molecule has 0 aliphatic carbocycles. The van der Waals surface area contributed by atoms with Crippen molar-refractivity contribution < 1.29 is 14.6 Å². The summed E-state index contributed by atoms with van der Waals surface area (Å²) in [6.45, 7) is 1.64. The van der Waals surface area contributed by atoms with E-state index >= 15 is 0 Å². The summed E-state index contributed by atoms with van der Waals surface area (Å²) in [6, 6.07) is 8.80. The molecular weight excluding hydrogens is 218 g/mol. The van der Waals surface area contributed by atoms with Gasteiger partial charge in [-0.25, -0.2) is 4.79 Å². The van der Waals surface area contributed by atoms with E-state index in [0.717, 1.165) is 0 Å². The van der Waals surface area contributed by atoms with Crippen LogP contribution < -0.4 is 0 Å². The molecule has 1 N–H and O–H groups in total. The van der Waals surface area contributed by atoms with Crippen LogP contribution in [0.4, 0.5) is 0 Å². The number of hydrogen-bond acceptors (Lipinski definition) is 4. The molecule has 0 aromatic heterocycles. The molecule has 0 aliphatic rings. The van der Waals surface area contributed by atoms with Gasteiger partial charge in [-0.3, -0.25) is 4.99 Å². The Morgan fingerprint density at radius 1 is 1.29 bits per heavy atom. The Hall–Kier alpha value is -2.10. The third-order valence-corrected chi connectivity index (χ3v) is 2.37. The van der Waals surface area contributed by atoms with E-state index in [2.05, 4.69) is 9.73 Å². The summed E-state index contributed by atoms with van der Waals surface area (Å²) in [5.41, 5.74) is 1.07. The van der Waals surface area contributed by atoms with Crippen LogP contribution in [0, 0.1) is 0 Å². The highest BCUT2D eigenvalue weighted by atomic mass is 16.5. The molecule has 17 heavy (non-hydrogen) atoms. The predicted octanol–water partition coefficient (Wildman–Crippen LogP) is 2.22. The standard InChI is InChI=1S/C13H15NO3/c1-9(14-2)11(13(16)17-3)12(15)10-7-5-4-6-8-10/h4-8,15H,1-3H3/b12-11+,14-9?. The summed E-state index contributed by atoms with van der Waals surface area (Å²) in [5, 5.41) is 10.1. The average Bonchev–Trinajstić information content (AvgIpc) is 2.39. The molecular formula is C13H15NO3. The molecule has 4 heteroatoms. The van der Waals surface area contributed by atoms with Gasteiger partial charge in [0.1, 0.15) is 11.3 Å². The lowest BCUT2D eigenvalue weighted by Crippen LogP contribution is -2.14. The van der Waals surface area contributed by atoms with Crippen LogP contribution in [0.15, 0.2) is 40.9 Å². The van der Waals surface area contributed by atoms with Gasteiger partial charge in [0.25, 0.3) is 0 Å². The van der Waals surface area contributed by atoms with Crippen molar-refractivity contribution in [3.63, 3.8) is 0 Å². The Morgan fingerprint density at radius 2 is 1.88 bits per heavy atom. The van der Waals surface area contributed by atoms with Gasteiger partial charge >= 0.3 is 5.97 Å². The van der Waals surface area contributed by atoms with Crippen molar-refractivity contribution in [2.75, 3.05) is 14.2 Å². The summed E-state index contributed by atoms with van der Waals surface area (Å²) >= 11 is 0. The van der Waals surface area contributed by atoms with E-state index in [0.29, 0.717) is 11.3 Å². The summed E-state index contributed by atoms with van der Waals surface area (Å²) < 4.78 is 4.64. The minimum Gasteiger partial charge on any atom is -0.506 e. The number of benzene rings is 1. The van der Waals surface area contributed by atoms with Gasteiger partial charge in [-0.1, -0.05) is 30.3 Å². The van der Waals surface area contributed by atoms with E-state index in [-0.39, 0.29) is 11.3 Å². The van der Waals surface area contributed by atoms with Crippen molar-refractivity contribution in [1.29, 1.82) is 0 Å². The van der Waals surface area contributed by atoms with E-state index in [1.54, 1.807) is 38.2 Å².